The van der Waals surface area contributed by atoms with Gasteiger partial charge in [0.15, 0.2) is 0 Å². The first-order valence-electron chi connectivity index (χ1n) is 9.17. The molecule has 3 atom stereocenters. The van der Waals surface area contributed by atoms with E-state index in [4.69, 9.17) is 9.84 Å². The van der Waals surface area contributed by atoms with Crippen LogP contribution in [0.4, 0.5) is 9.59 Å². The lowest BCUT2D eigenvalue weighted by Crippen LogP contribution is -2.29. The van der Waals surface area contributed by atoms with Crippen molar-refractivity contribution >= 4 is 12.2 Å². The van der Waals surface area contributed by atoms with E-state index in [1.165, 1.54) is 7.11 Å². The van der Waals surface area contributed by atoms with Crippen LogP contribution in [0.2, 0.25) is 0 Å². The molecule has 0 saturated heterocycles. The maximum absolute atomic E-state index is 11.3. The van der Waals surface area contributed by atoms with E-state index in [9.17, 15) is 9.59 Å². The lowest BCUT2D eigenvalue weighted by Gasteiger charge is -2.24. The van der Waals surface area contributed by atoms with Crippen LogP contribution < -0.4 is 10.6 Å². The zero-order chi connectivity index (χ0) is 19.7. The Balaban J connectivity index is 0. The fourth-order valence-electron chi connectivity index (χ4n) is 1.91. The maximum atomic E-state index is 11.3. The van der Waals surface area contributed by atoms with Crippen LogP contribution in [0.5, 0.6) is 0 Å². The summed E-state index contributed by atoms with van der Waals surface area (Å²) in [6.45, 7) is 12.4. The molecule has 0 aromatic heterocycles. The van der Waals surface area contributed by atoms with Crippen LogP contribution >= 0.6 is 0 Å². The first-order valence-corrected chi connectivity index (χ1v) is 9.17. The Bertz CT molecular complexity index is 339. The van der Waals surface area contributed by atoms with Crippen molar-refractivity contribution in [3.8, 4) is 0 Å². The molecule has 2 amide bonds. The average Bonchev–Trinajstić information content (AvgIpc) is 2.63. The van der Waals surface area contributed by atoms with Gasteiger partial charge >= 0.3 is 12.2 Å². The number of methoxy groups -OCH3 is 1. The minimum atomic E-state index is -0.387. The van der Waals surface area contributed by atoms with E-state index in [1.54, 1.807) is 0 Å². The van der Waals surface area contributed by atoms with Crippen molar-refractivity contribution in [3.05, 3.63) is 0 Å². The number of carbonyl (C=O) groups is 2. The molecule has 0 rings (SSSR count). The lowest BCUT2D eigenvalue weighted by molar-refractivity contribution is 0.106. The van der Waals surface area contributed by atoms with Gasteiger partial charge in [-0.3, -0.25) is 0 Å². The number of alkyl carbamates (subject to hydrolysis) is 2. The van der Waals surface area contributed by atoms with E-state index >= 15 is 0 Å². The molecule has 0 bridgehead atoms. The van der Waals surface area contributed by atoms with Gasteiger partial charge in [-0.1, -0.05) is 41.0 Å². The molecule has 0 aromatic carbocycles. The Morgan fingerprint density at radius 3 is 2.08 bits per heavy atom. The highest BCUT2D eigenvalue weighted by atomic mass is 16.5. The number of carbonyl (C=O) groups excluding carboxylic acids is 2. The molecular formula is C18H38N2O5. The fourth-order valence-corrected chi connectivity index (χ4v) is 1.91. The normalized spacial score (nSPS) is 13.6. The second kappa shape index (κ2) is 17.3. The molecule has 25 heavy (non-hydrogen) atoms. The molecule has 0 spiro atoms. The largest absolute Gasteiger partial charge is 0.453 e. The molecule has 0 saturated carbocycles. The molecule has 3 unspecified atom stereocenters. The Hall–Kier alpha value is -1.50. The number of hydrogen-bond donors (Lipinski definition) is 3. The summed E-state index contributed by atoms with van der Waals surface area (Å²) < 4.78 is 9.44. The Labute approximate surface area is 152 Å². The van der Waals surface area contributed by atoms with Gasteiger partial charge in [0.1, 0.15) is 0 Å². The van der Waals surface area contributed by atoms with E-state index in [-0.39, 0.29) is 18.8 Å². The van der Waals surface area contributed by atoms with Gasteiger partial charge in [-0.15, -0.1) is 0 Å². The summed E-state index contributed by atoms with van der Waals surface area (Å²) in [5.74, 6) is 1.56. The van der Waals surface area contributed by atoms with Gasteiger partial charge in [0.25, 0.3) is 0 Å². The highest BCUT2D eigenvalue weighted by molar-refractivity contribution is 5.67. The van der Waals surface area contributed by atoms with Crippen molar-refractivity contribution in [1.29, 1.82) is 0 Å². The Morgan fingerprint density at radius 1 is 1.00 bits per heavy atom. The van der Waals surface area contributed by atoms with Crippen LogP contribution in [0.1, 0.15) is 53.9 Å². The van der Waals surface area contributed by atoms with Gasteiger partial charge in [0.2, 0.25) is 0 Å². The topological polar surface area (TPSA) is 96.9 Å². The Kier molecular flexibility index (Phi) is 17.8. The standard InChI is InChI=1S/C13H27NO3.C5H11NO2/c1-5-10(2)12(4)11(3)9-17-13(16)14-7-6-8-15;1-3-4-6-5(7)8-2/h10-12,15H,5-9H2,1-4H3,(H,14,16);3-4H2,1-2H3,(H,6,7). The molecule has 0 aliphatic carbocycles. The van der Waals surface area contributed by atoms with Crippen LogP contribution in [0.3, 0.4) is 0 Å². The SMILES string of the molecule is CCC(C)C(C)C(C)COC(=O)NCCCO.CCCNC(=O)OC. The molecule has 0 radical (unpaired) electrons. The van der Waals surface area contributed by atoms with Crippen LogP contribution in [0.15, 0.2) is 0 Å². The molecule has 0 aliphatic rings. The molecule has 0 aromatic rings. The van der Waals surface area contributed by atoms with E-state index in [0.717, 1.165) is 12.8 Å². The first-order chi connectivity index (χ1) is 11.8. The highest BCUT2D eigenvalue weighted by Crippen LogP contribution is 2.23. The van der Waals surface area contributed by atoms with Gasteiger partial charge in [-0.05, 0) is 30.6 Å². The Morgan fingerprint density at radius 2 is 1.60 bits per heavy atom. The van der Waals surface area contributed by atoms with Crippen molar-refractivity contribution in [3.63, 3.8) is 0 Å². The van der Waals surface area contributed by atoms with Crippen LogP contribution in [-0.4, -0.2) is 50.7 Å². The number of rotatable bonds is 10. The van der Waals surface area contributed by atoms with Crippen LogP contribution in [0, 0.1) is 17.8 Å². The molecule has 3 N–H and O–H groups in total. The van der Waals surface area contributed by atoms with E-state index in [2.05, 4.69) is 43.1 Å². The van der Waals surface area contributed by atoms with Gasteiger partial charge < -0.3 is 25.2 Å². The van der Waals surface area contributed by atoms with Gasteiger partial charge in [0.05, 0.1) is 13.7 Å². The summed E-state index contributed by atoms with van der Waals surface area (Å²) in [6.07, 6.45) is 1.91. The number of amides is 2. The molecule has 7 heteroatoms. The summed E-state index contributed by atoms with van der Waals surface area (Å²) in [6, 6.07) is 0. The summed E-state index contributed by atoms with van der Waals surface area (Å²) in [4.78, 5) is 21.5. The molecular weight excluding hydrogens is 324 g/mol. The van der Waals surface area contributed by atoms with Crippen molar-refractivity contribution < 1.29 is 24.2 Å². The predicted octanol–water partition coefficient (Wildman–Crippen LogP) is 3.17. The van der Waals surface area contributed by atoms with Crippen LogP contribution in [-0.2, 0) is 9.47 Å². The lowest BCUT2D eigenvalue weighted by atomic mass is 9.84. The zero-order valence-electron chi connectivity index (χ0n) is 16.8. The summed E-state index contributed by atoms with van der Waals surface area (Å²) >= 11 is 0. The highest BCUT2D eigenvalue weighted by Gasteiger charge is 2.19. The monoisotopic (exact) mass is 362 g/mol. The van der Waals surface area contributed by atoms with Crippen molar-refractivity contribution in [2.75, 3.05) is 33.4 Å². The zero-order valence-corrected chi connectivity index (χ0v) is 16.8. The summed E-state index contributed by atoms with van der Waals surface area (Å²) in [7, 11) is 1.35. The minimum Gasteiger partial charge on any atom is -0.453 e. The second-order valence-electron chi connectivity index (χ2n) is 6.24. The van der Waals surface area contributed by atoms with E-state index in [1.807, 2.05) is 6.92 Å². The van der Waals surface area contributed by atoms with E-state index in [0.29, 0.717) is 43.9 Å². The number of aliphatic hydroxyl groups is 1. The molecule has 0 fully saturated rings. The third-order valence-electron chi connectivity index (χ3n) is 4.23. The van der Waals surface area contributed by atoms with E-state index < -0.39 is 0 Å². The molecule has 7 nitrogen and oxygen atoms in total. The third-order valence-corrected chi connectivity index (χ3v) is 4.23. The number of aliphatic hydroxyl groups excluding tert-OH is 1. The fraction of sp³-hybridized carbons (Fsp3) is 0.889. The molecule has 0 aliphatic heterocycles. The van der Waals surface area contributed by atoms with Crippen molar-refractivity contribution in [2.24, 2.45) is 17.8 Å². The number of ether oxygens (including phenoxy) is 2. The third kappa shape index (κ3) is 15.8. The van der Waals surface area contributed by atoms with Crippen molar-refractivity contribution in [2.45, 2.75) is 53.9 Å². The van der Waals surface area contributed by atoms with Gasteiger partial charge in [-0.2, -0.15) is 0 Å². The number of nitrogens with one attached hydrogen (secondary N) is 2. The molecule has 150 valence electrons. The number of hydrogen-bond acceptors (Lipinski definition) is 5. The smallest absolute Gasteiger partial charge is 0.407 e. The average molecular weight is 363 g/mol. The quantitative estimate of drug-likeness (QED) is 0.519. The second-order valence-corrected chi connectivity index (χ2v) is 6.24. The predicted molar refractivity (Wildman–Crippen MR) is 99.5 cm³/mol. The summed E-state index contributed by atoms with van der Waals surface area (Å²) in [5, 5.41) is 13.7. The first kappa shape index (κ1) is 25.7. The van der Waals surface area contributed by atoms with Gasteiger partial charge in [0, 0.05) is 19.7 Å². The van der Waals surface area contributed by atoms with Gasteiger partial charge in [-0.25, -0.2) is 9.59 Å². The summed E-state index contributed by atoms with van der Waals surface area (Å²) in [5.41, 5.74) is 0. The van der Waals surface area contributed by atoms with Crippen molar-refractivity contribution in [1.82, 2.24) is 10.6 Å². The van der Waals surface area contributed by atoms with Crippen LogP contribution in [0.25, 0.3) is 0 Å². The minimum absolute atomic E-state index is 0.0851. The molecule has 0 heterocycles. The maximum Gasteiger partial charge on any atom is 0.407 e.